The monoisotopic (exact) mass is 975 g/mol. The van der Waals surface area contributed by atoms with Gasteiger partial charge in [-0.25, -0.2) is 23.9 Å². The van der Waals surface area contributed by atoms with Crippen molar-refractivity contribution in [2.45, 2.75) is 110 Å². The maximum absolute atomic E-state index is 17.0. The van der Waals surface area contributed by atoms with Gasteiger partial charge in [0.15, 0.2) is 0 Å². The van der Waals surface area contributed by atoms with E-state index in [-0.39, 0.29) is 41.8 Å². The number of aromatic nitrogens is 5. The highest BCUT2D eigenvalue weighted by molar-refractivity contribution is 7.12. The number of ether oxygens (including phenoxy) is 4. The standard InChI is InChI=1S/C51H58FN9O8S/c1-25(2)43(57-50(64)66-6)47(62)59-16-8-10-35(59)45-53-23-32(55-45)28-13-14-34-30(18-28)20-37-42-31(52)19-29(21-39(42)69-49(61(34)37)41-22-38-40(70-41)15-12-27(5)68-38)33-24-54-46(56-33)36-11-9-17-60(36)48(63)44(26(3)4)58-51(65)67-7/h13-14,18-27,35-36,43-44,49H,8-12,15-17H2,1-7H3,(H,53,55)(H,54,56)(H,57,64)(H,58,65)/t27?,35-,36-,43-,44-,49?/m0/s1. The van der Waals surface area contributed by atoms with Gasteiger partial charge in [0, 0.05) is 40.5 Å². The number of aryl methyl sites for hydroxylation is 1. The van der Waals surface area contributed by atoms with E-state index in [1.807, 2.05) is 58.0 Å². The van der Waals surface area contributed by atoms with Gasteiger partial charge >= 0.3 is 12.2 Å². The molecule has 6 atom stereocenters. The molecule has 0 spiro atoms. The van der Waals surface area contributed by atoms with Crippen molar-refractivity contribution in [3.63, 3.8) is 0 Å². The summed E-state index contributed by atoms with van der Waals surface area (Å²) in [5.74, 6) is 1.22. The van der Waals surface area contributed by atoms with Gasteiger partial charge in [0.2, 0.25) is 18.0 Å². The summed E-state index contributed by atoms with van der Waals surface area (Å²) in [6.07, 6.45) is 6.27. The smallest absolute Gasteiger partial charge is 0.407 e. The molecule has 0 aliphatic carbocycles. The van der Waals surface area contributed by atoms with E-state index in [9.17, 15) is 19.2 Å². The van der Waals surface area contributed by atoms with Crippen LogP contribution in [0.4, 0.5) is 14.0 Å². The highest BCUT2D eigenvalue weighted by Gasteiger charge is 2.40. The van der Waals surface area contributed by atoms with Crippen molar-refractivity contribution in [1.82, 2.24) is 44.9 Å². The van der Waals surface area contributed by atoms with Crippen LogP contribution < -0.4 is 20.1 Å². The van der Waals surface area contributed by atoms with Crippen LogP contribution in [-0.2, 0) is 25.5 Å². The maximum Gasteiger partial charge on any atom is 0.407 e. The lowest BCUT2D eigenvalue weighted by atomic mass is 10.0. The van der Waals surface area contributed by atoms with Crippen LogP contribution in [0.1, 0.15) is 106 Å². The number of amides is 4. The number of H-pyrrole nitrogens is 2. The molecule has 0 bridgehead atoms. The number of carbonyl (C=O) groups excluding carboxylic acids is 4. The largest absolute Gasteiger partial charge is 0.490 e. The second-order valence-electron chi connectivity index (χ2n) is 19.3. The molecule has 0 saturated carbocycles. The fourth-order valence-corrected chi connectivity index (χ4v) is 11.5. The number of nitrogens with zero attached hydrogens (tertiary/aromatic N) is 5. The Morgan fingerprint density at radius 2 is 1.37 bits per heavy atom. The molecular weight excluding hydrogens is 918 g/mol. The Morgan fingerprint density at radius 1 is 0.771 bits per heavy atom. The number of fused-ring (bicyclic) bond motifs is 6. The van der Waals surface area contributed by atoms with E-state index in [2.05, 4.69) is 38.2 Å². The Kier molecular flexibility index (Phi) is 12.6. The molecule has 4 aliphatic rings. The van der Waals surface area contributed by atoms with Gasteiger partial charge in [-0.1, -0.05) is 33.8 Å². The van der Waals surface area contributed by atoms with E-state index in [0.29, 0.717) is 59.4 Å². The molecule has 2 saturated heterocycles. The van der Waals surface area contributed by atoms with Gasteiger partial charge in [-0.2, -0.15) is 0 Å². The van der Waals surface area contributed by atoms with Gasteiger partial charge in [-0.05, 0) is 87.6 Å². The second-order valence-corrected chi connectivity index (χ2v) is 20.5. The average Bonchev–Trinajstić information content (AvgIpc) is 4.21. The zero-order chi connectivity index (χ0) is 49.1. The summed E-state index contributed by atoms with van der Waals surface area (Å²) in [4.78, 5) is 73.9. The number of hydrogen-bond donors (Lipinski definition) is 4. The predicted octanol–water partition coefficient (Wildman–Crippen LogP) is 9.03. The van der Waals surface area contributed by atoms with E-state index in [0.717, 1.165) is 69.8 Å². The summed E-state index contributed by atoms with van der Waals surface area (Å²) in [6, 6.07) is 11.3. The first-order valence-electron chi connectivity index (χ1n) is 24.1. The molecule has 2 fully saturated rings. The van der Waals surface area contributed by atoms with E-state index in [4.69, 9.17) is 28.9 Å². The van der Waals surface area contributed by atoms with Gasteiger partial charge in [-0.15, -0.1) is 11.3 Å². The topological polar surface area (TPSA) is 198 Å². The Bertz CT molecular complexity index is 2990. The highest BCUT2D eigenvalue weighted by atomic mass is 32.1. The Hall–Kier alpha value is -6.89. The number of benzene rings is 2. The van der Waals surface area contributed by atoms with Crippen molar-refractivity contribution in [2.75, 3.05) is 27.3 Å². The van der Waals surface area contributed by atoms with Crippen LogP contribution >= 0.6 is 11.3 Å². The molecule has 10 rings (SSSR count). The molecule has 4 N–H and O–H groups in total. The van der Waals surface area contributed by atoms with Crippen molar-refractivity contribution in [3.8, 4) is 45.3 Å². The molecular formula is C51H58FN9O8S. The van der Waals surface area contributed by atoms with E-state index < -0.39 is 36.3 Å². The first-order chi connectivity index (χ1) is 33.7. The quantitative estimate of drug-likeness (QED) is 0.0972. The Morgan fingerprint density at radius 3 is 1.96 bits per heavy atom. The van der Waals surface area contributed by atoms with Gasteiger partial charge in [0.25, 0.3) is 0 Å². The summed E-state index contributed by atoms with van der Waals surface area (Å²) >= 11 is 1.64. The predicted molar refractivity (Wildman–Crippen MR) is 260 cm³/mol. The lowest BCUT2D eigenvalue weighted by Crippen LogP contribution is -2.51. The van der Waals surface area contributed by atoms with Crippen LogP contribution in [0.2, 0.25) is 0 Å². The van der Waals surface area contributed by atoms with Crippen LogP contribution in [0.3, 0.4) is 0 Å². The number of halogens is 1. The van der Waals surface area contributed by atoms with Crippen molar-refractivity contribution in [3.05, 3.63) is 82.1 Å². The van der Waals surface area contributed by atoms with Crippen molar-refractivity contribution in [2.24, 2.45) is 11.8 Å². The molecule has 8 heterocycles. The van der Waals surface area contributed by atoms with E-state index in [1.165, 1.54) is 20.3 Å². The Labute approximate surface area is 408 Å². The summed E-state index contributed by atoms with van der Waals surface area (Å²) in [5.41, 5.74) is 4.54. The molecule has 368 valence electrons. The van der Waals surface area contributed by atoms with Gasteiger partial charge < -0.3 is 49.3 Å². The minimum Gasteiger partial charge on any atom is -0.490 e. The zero-order valence-corrected chi connectivity index (χ0v) is 41.1. The lowest BCUT2D eigenvalue weighted by molar-refractivity contribution is -0.136. The third-order valence-corrected chi connectivity index (χ3v) is 15.3. The second kappa shape index (κ2) is 18.8. The molecule has 6 aromatic rings. The van der Waals surface area contributed by atoms with Gasteiger partial charge in [-0.3, -0.25) is 14.2 Å². The number of hydrogen-bond acceptors (Lipinski definition) is 11. The number of likely N-dealkylation sites (tertiary alicyclic amines) is 2. The van der Waals surface area contributed by atoms with Gasteiger partial charge in [0.1, 0.15) is 41.0 Å². The number of alkyl carbamates (subject to hydrolysis) is 2. The first-order valence-corrected chi connectivity index (χ1v) is 24.9. The lowest BCUT2D eigenvalue weighted by Gasteiger charge is -2.30. The number of carbonyl (C=O) groups is 4. The fourth-order valence-electron chi connectivity index (χ4n) is 10.4. The number of methoxy groups -OCH3 is 2. The minimum absolute atomic E-state index is 0.0867. The summed E-state index contributed by atoms with van der Waals surface area (Å²) in [6.45, 7) is 10.6. The van der Waals surface area contributed by atoms with E-state index >= 15 is 4.39 Å². The summed E-state index contributed by atoms with van der Waals surface area (Å²) < 4.78 is 41.9. The fraction of sp³-hybridized carbons (Fsp3) is 0.451. The number of aromatic amines is 2. The number of thiophene rings is 1. The number of rotatable bonds is 11. The average molecular weight is 976 g/mol. The zero-order valence-electron chi connectivity index (χ0n) is 40.3. The molecule has 2 unspecified atom stereocenters. The molecule has 4 aromatic heterocycles. The number of imidazole rings is 2. The van der Waals surface area contributed by atoms with Crippen LogP contribution in [0.25, 0.3) is 44.7 Å². The number of nitrogens with one attached hydrogen (secondary N) is 4. The SMILES string of the molecule is COC(=O)N[C@H](C(=O)N1CCC[C@H]1c1ncc(-c2cc(F)c3c(c2)OC(c2cc4c(s2)CCC(C)O4)n2c-3cc3cc(-c4cnc([C@@H]5CCCN5C(=O)[C@@H](NC(=O)OC)C(C)C)[nH]4)ccc32)[nH]1)C(C)C. The van der Waals surface area contributed by atoms with Crippen molar-refractivity contribution >= 4 is 46.2 Å². The molecule has 19 heteroatoms. The Balaban J connectivity index is 0.979. The van der Waals surface area contributed by atoms with Crippen LogP contribution in [0.5, 0.6) is 11.5 Å². The minimum atomic E-state index is -0.777. The summed E-state index contributed by atoms with van der Waals surface area (Å²) in [5, 5.41) is 6.26. The molecule has 70 heavy (non-hydrogen) atoms. The van der Waals surface area contributed by atoms with Crippen molar-refractivity contribution in [1.29, 1.82) is 0 Å². The van der Waals surface area contributed by atoms with Crippen LogP contribution in [0, 0.1) is 17.7 Å². The molecule has 4 amide bonds. The molecule has 4 aliphatic heterocycles. The normalized spacial score (nSPS) is 20.4. The molecule has 17 nitrogen and oxygen atoms in total. The molecule has 2 aromatic carbocycles. The van der Waals surface area contributed by atoms with Crippen LogP contribution in [0.15, 0.2) is 54.9 Å². The maximum atomic E-state index is 17.0. The van der Waals surface area contributed by atoms with E-state index in [1.54, 1.807) is 33.5 Å². The van der Waals surface area contributed by atoms with Crippen LogP contribution in [-0.4, -0.2) is 104 Å². The van der Waals surface area contributed by atoms with Crippen molar-refractivity contribution < 1.29 is 42.5 Å². The third kappa shape index (κ3) is 8.51. The first kappa shape index (κ1) is 46.8. The third-order valence-electron chi connectivity index (χ3n) is 14.1. The summed E-state index contributed by atoms with van der Waals surface area (Å²) in [7, 11) is 2.55. The highest BCUT2D eigenvalue weighted by Crippen LogP contribution is 2.50. The van der Waals surface area contributed by atoms with Gasteiger partial charge in [0.05, 0.1) is 77.8 Å². The molecule has 0 radical (unpaired) electrons.